The zero-order chi connectivity index (χ0) is 22.4. The van der Waals surface area contributed by atoms with Gasteiger partial charge in [0.2, 0.25) is 0 Å². The van der Waals surface area contributed by atoms with Crippen LogP contribution in [0.15, 0.2) is 24.3 Å². The number of benzene rings is 1. The van der Waals surface area contributed by atoms with Crippen molar-refractivity contribution in [1.82, 2.24) is 9.47 Å². The van der Waals surface area contributed by atoms with E-state index < -0.39 is 5.97 Å². The number of hydrogen-bond donors (Lipinski definition) is 0. The maximum absolute atomic E-state index is 13.2. The number of ether oxygens (including phenoxy) is 2. The number of ketones is 1. The highest BCUT2D eigenvalue weighted by atomic mass is 16.5. The van der Waals surface area contributed by atoms with Crippen LogP contribution in [-0.2, 0) is 16.0 Å². The number of Topliss-reactive ketones (excluding diaryl/α,β-unsaturated/α-hetero) is 1. The van der Waals surface area contributed by atoms with Gasteiger partial charge in [0.25, 0.3) is 5.91 Å². The molecule has 162 valence electrons. The van der Waals surface area contributed by atoms with Gasteiger partial charge < -0.3 is 18.9 Å². The summed E-state index contributed by atoms with van der Waals surface area (Å²) in [6, 6.07) is 7.23. The first-order valence-electron chi connectivity index (χ1n) is 9.92. The Hall–Kier alpha value is -2.93. The molecule has 0 spiro atoms. The largest absolute Gasteiger partial charge is 0.464 e. The standard InChI is InChI=1S/C23H30N2O5/c1-7-25-17(4)20(16(3)21(25)23(28)30-6)19(26)14-24(12-13-29-5)22(27)18-10-8-15(2)9-11-18/h8-11H,7,12-14H2,1-6H3. The van der Waals surface area contributed by atoms with Crippen molar-refractivity contribution >= 4 is 17.7 Å². The van der Waals surface area contributed by atoms with Crippen LogP contribution < -0.4 is 0 Å². The first-order chi connectivity index (χ1) is 14.3. The lowest BCUT2D eigenvalue weighted by Gasteiger charge is -2.22. The molecule has 7 nitrogen and oxygen atoms in total. The summed E-state index contributed by atoms with van der Waals surface area (Å²) in [5.74, 6) is -0.943. The van der Waals surface area contributed by atoms with Crippen LogP contribution in [0.1, 0.15) is 54.9 Å². The van der Waals surface area contributed by atoms with E-state index in [0.717, 1.165) is 5.56 Å². The second-order valence-electron chi connectivity index (χ2n) is 7.18. The third-order valence-electron chi connectivity index (χ3n) is 5.23. The number of methoxy groups -OCH3 is 2. The molecule has 1 heterocycles. The van der Waals surface area contributed by atoms with E-state index in [2.05, 4.69) is 0 Å². The Balaban J connectivity index is 2.38. The van der Waals surface area contributed by atoms with Crippen molar-refractivity contribution in [2.45, 2.75) is 34.2 Å². The number of esters is 1. The molecule has 1 aromatic heterocycles. The highest BCUT2D eigenvalue weighted by Crippen LogP contribution is 2.24. The predicted molar refractivity (Wildman–Crippen MR) is 114 cm³/mol. The number of amides is 1. The van der Waals surface area contributed by atoms with Gasteiger partial charge in [0, 0.05) is 37.0 Å². The Labute approximate surface area is 177 Å². The third kappa shape index (κ3) is 4.79. The second kappa shape index (κ2) is 10.2. The molecule has 0 N–H and O–H groups in total. The van der Waals surface area contributed by atoms with Crippen molar-refractivity contribution in [3.8, 4) is 0 Å². The summed E-state index contributed by atoms with van der Waals surface area (Å²) in [6.45, 7) is 8.41. The molecule has 7 heteroatoms. The average molecular weight is 415 g/mol. The van der Waals surface area contributed by atoms with E-state index in [0.29, 0.717) is 41.2 Å². The molecular formula is C23H30N2O5. The number of aryl methyl sites for hydroxylation is 1. The Bertz CT molecular complexity index is 928. The Morgan fingerprint density at radius 1 is 1.03 bits per heavy atom. The molecule has 0 atom stereocenters. The lowest BCUT2D eigenvalue weighted by molar-refractivity contribution is 0.0587. The van der Waals surface area contributed by atoms with E-state index in [1.807, 2.05) is 26.0 Å². The van der Waals surface area contributed by atoms with Crippen LogP contribution in [-0.4, -0.2) is 61.0 Å². The summed E-state index contributed by atoms with van der Waals surface area (Å²) in [6.07, 6.45) is 0. The fourth-order valence-corrected chi connectivity index (χ4v) is 3.65. The fraction of sp³-hybridized carbons (Fsp3) is 0.435. The van der Waals surface area contributed by atoms with Gasteiger partial charge in [-0.25, -0.2) is 4.79 Å². The first kappa shape index (κ1) is 23.3. The van der Waals surface area contributed by atoms with Gasteiger partial charge in [0.1, 0.15) is 5.69 Å². The summed E-state index contributed by atoms with van der Waals surface area (Å²) in [7, 11) is 2.87. The van der Waals surface area contributed by atoms with Gasteiger partial charge in [-0.3, -0.25) is 9.59 Å². The molecule has 0 aliphatic rings. The van der Waals surface area contributed by atoms with Crippen molar-refractivity contribution in [2.75, 3.05) is 33.9 Å². The molecule has 0 bridgehead atoms. The number of rotatable bonds is 9. The molecule has 0 radical (unpaired) electrons. The number of nitrogens with zero attached hydrogens (tertiary/aromatic N) is 2. The van der Waals surface area contributed by atoms with Crippen molar-refractivity contribution < 1.29 is 23.9 Å². The maximum Gasteiger partial charge on any atom is 0.354 e. The third-order valence-corrected chi connectivity index (χ3v) is 5.23. The summed E-state index contributed by atoms with van der Waals surface area (Å²) in [5.41, 5.74) is 3.65. The summed E-state index contributed by atoms with van der Waals surface area (Å²) < 4.78 is 11.8. The molecule has 0 saturated carbocycles. The lowest BCUT2D eigenvalue weighted by atomic mass is 10.0. The quantitative estimate of drug-likeness (QED) is 0.465. The van der Waals surface area contributed by atoms with Crippen LogP contribution in [0.2, 0.25) is 0 Å². The van der Waals surface area contributed by atoms with Gasteiger partial charge >= 0.3 is 5.97 Å². The van der Waals surface area contributed by atoms with E-state index in [9.17, 15) is 14.4 Å². The molecule has 2 rings (SSSR count). The highest BCUT2D eigenvalue weighted by molar-refractivity contribution is 6.06. The zero-order valence-electron chi connectivity index (χ0n) is 18.6. The SMILES string of the molecule is CCn1c(C)c(C(=O)CN(CCOC)C(=O)c2ccc(C)cc2)c(C)c1C(=O)OC. The average Bonchev–Trinajstić information content (AvgIpc) is 2.99. The van der Waals surface area contributed by atoms with Crippen LogP contribution in [0, 0.1) is 20.8 Å². The Morgan fingerprint density at radius 2 is 1.67 bits per heavy atom. The van der Waals surface area contributed by atoms with Crippen LogP contribution in [0.5, 0.6) is 0 Å². The minimum atomic E-state index is -0.483. The van der Waals surface area contributed by atoms with Gasteiger partial charge in [0.15, 0.2) is 5.78 Å². The first-order valence-corrected chi connectivity index (χ1v) is 9.92. The van der Waals surface area contributed by atoms with Gasteiger partial charge in [-0.1, -0.05) is 17.7 Å². The molecule has 0 aliphatic heterocycles. The predicted octanol–water partition coefficient (Wildman–Crippen LogP) is 3.19. The summed E-state index contributed by atoms with van der Waals surface area (Å²) in [4.78, 5) is 40.0. The topological polar surface area (TPSA) is 77.8 Å². The van der Waals surface area contributed by atoms with Crippen LogP contribution in [0.3, 0.4) is 0 Å². The maximum atomic E-state index is 13.2. The van der Waals surface area contributed by atoms with Gasteiger partial charge in [-0.2, -0.15) is 0 Å². The Kier molecular flexibility index (Phi) is 7.94. The van der Waals surface area contributed by atoms with E-state index in [1.165, 1.54) is 12.0 Å². The Morgan fingerprint density at radius 3 is 2.20 bits per heavy atom. The van der Waals surface area contributed by atoms with E-state index in [-0.39, 0.29) is 24.8 Å². The molecule has 0 aliphatic carbocycles. The lowest BCUT2D eigenvalue weighted by Crippen LogP contribution is -2.38. The van der Waals surface area contributed by atoms with Crippen molar-refractivity contribution in [3.05, 3.63) is 57.9 Å². The van der Waals surface area contributed by atoms with Gasteiger partial charge in [-0.15, -0.1) is 0 Å². The van der Waals surface area contributed by atoms with Crippen molar-refractivity contribution in [3.63, 3.8) is 0 Å². The number of aromatic nitrogens is 1. The molecule has 0 unspecified atom stereocenters. The van der Waals surface area contributed by atoms with Crippen LogP contribution in [0.4, 0.5) is 0 Å². The fourth-order valence-electron chi connectivity index (χ4n) is 3.65. The van der Waals surface area contributed by atoms with E-state index in [1.54, 1.807) is 37.7 Å². The molecule has 1 amide bonds. The molecular weight excluding hydrogens is 384 g/mol. The molecule has 0 saturated heterocycles. The molecule has 0 fully saturated rings. The normalized spacial score (nSPS) is 10.7. The molecule has 1 aromatic carbocycles. The van der Waals surface area contributed by atoms with E-state index >= 15 is 0 Å². The minimum Gasteiger partial charge on any atom is -0.464 e. The summed E-state index contributed by atoms with van der Waals surface area (Å²) >= 11 is 0. The van der Waals surface area contributed by atoms with Gasteiger partial charge in [-0.05, 0) is 45.4 Å². The molecule has 30 heavy (non-hydrogen) atoms. The van der Waals surface area contributed by atoms with Gasteiger partial charge in [0.05, 0.1) is 20.3 Å². The zero-order valence-corrected chi connectivity index (χ0v) is 18.6. The van der Waals surface area contributed by atoms with Crippen molar-refractivity contribution in [2.24, 2.45) is 0 Å². The summed E-state index contributed by atoms with van der Waals surface area (Å²) in [5, 5.41) is 0. The van der Waals surface area contributed by atoms with E-state index in [4.69, 9.17) is 9.47 Å². The highest BCUT2D eigenvalue weighted by Gasteiger charge is 2.28. The van der Waals surface area contributed by atoms with Crippen LogP contribution in [0.25, 0.3) is 0 Å². The number of carbonyl (C=O) groups excluding carboxylic acids is 3. The number of carbonyl (C=O) groups is 3. The monoisotopic (exact) mass is 414 g/mol. The second-order valence-corrected chi connectivity index (χ2v) is 7.18. The number of hydrogen-bond acceptors (Lipinski definition) is 5. The minimum absolute atomic E-state index is 0.105. The smallest absolute Gasteiger partial charge is 0.354 e. The molecule has 2 aromatic rings. The van der Waals surface area contributed by atoms with Crippen molar-refractivity contribution in [1.29, 1.82) is 0 Å². The van der Waals surface area contributed by atoms with Crippen LogP contribution >= 0.6 is 0 Å².